The van der Waals surface area contributed by atoms with Gasteiger partial charge in [-0.25, -0.2) is 13.4 Å². The van der Waals surface area contributed by atoms with Crippen LogP contribution in [0.1, 0.15) is 5.56 Å². The normalized spacial score (nSPS) is 11.1. The van der Waals surface area contributed by atoms with Crippen LogP contribution >= 0.6 is 0 Å². The van der Waals surface area contributed by atoms with Crippen LogP contribution < -0.4 is 10.6 Å². The van der Waals surface area contributed by atoms with Gasteiger partial charge in [0, 0.05) is 30.8 Å². The van der Waals surface area contributed by atoms with Crippen molar-refractivity contribution in [3.8, 4) is 0 Å². The zero-order valence-electron chi connectivity index (χ0n) is 11.7. The first-order valence-corrected chi connectivity index (χ1v) is 8.03. The van der Waals surface area contributed by atoms with Gasteiger partial charge >= 0.3 is 0 Å². The van der Waals surface area contributed by atoms with Crippen LogP contribution in [-0.4, -0.2) is 32.5 Å². The number of nitrogens with one attached hydrogen (secondary N) is 1. The maximum Gasteiger partial charge on any atom is 0.179 e. The van der Waals surface area contributed by atoms with E-state index in [0.29, 0.717) is 11.4 Å². The maximum atomic E-state index is 11.8. The van der Waals surface area contributed by atoms with E-state index in [2.05, 4.69) is 4.98 Å². The van der Waals surface area contributed by atoms with Gasteiger partial charge in [0.2, 0.25) is 0 Å². The molecule has 21 heavy (non-hydrogen) atoms. The fraction of sp³-hybridized carbons (Fsp3) is 0.143. The molecule has 1 aromatic carbocycles. The molecule has 0 atom stereocenters. The van der Waals surface area contributed by atoms with Gasteiger partial charge in [-0.1, -0.05) is 0 Å². The van der Waals surface area contributed by atoms with E-state index in [9.17, 15) is 8.42 Å². The van der Waals surface area contributed by atoms with Crippen molar-refractivity contribution in [2.75, 3.05) is 18.2 Å². The van der Waals surface area contributed by atoms with E-state index in [0.717, 1.165) is 11.9 Å². The summed E-state index contributed by atoms with van der Waals surface area (Å²) in [6, 6.07) is 10.0. The number of rotatable bonds is 4. The molecular weight excluding hydrogens is 288 g/mol. The van der Waals surface area contributed by atoms with Crippen molar-refractivity contribution in [1.29, 1.82) is 5.41 Å². The molecule has 0 amide bonds. The Hall–Kier alpha value is -2.41. The Morgan fingerprint density at radius 2 is 1.86 bits per heavy atom. The van der Waals surface area contributed by atoms with Crippen molar-refractivity contribution >= 4 is 27.2 Å². The summed E-state index contributed by atoms with van der Waals surface area (Å²) in [5.74, 6) is 0.342. The van der Waals surface area contributed by atoms with E-state index in [4.69, 9.17) is 11.1 Å². The molecule has 0 saturated carbocycles. The summed E-state index contributed by atoms with van der Waals surface area (Å²) in [5, 5.41) is 7.37. The highest BCUT2D eigenvalue weighted by Crippen LogP contribution is 2.27. The lowest BCUT2D eigenvalue weighted by Crippen LogP contribution is -2.16. The lowest BCUT2D eigenvalue weighted by atomic mass is 10.2. The Labute approximate surface area is 123 Å². The van der Waals surface area contributed by atoms with E-state index >= 15 is 0 Å². The molecule has 0 aliphatic heterocycles. The number of benzene rings is 1. The topological polar surface area (TPSA) is 100 Å². The van der Waals surface area contributed by atoms with Gasteiger partial charge in [-0.3, -0.25) is 5.41 Å². The zero-order chi connectivity index (χ0) is 15.6. The van der Waals surface area contributed by atoms with Crippen molar-refractivity contribution in [3.05, 3.63) is 48.2 Å². The molecule has 0 aliphatic rings. The number of nitrogens with zero attached hydrogens (tertiary/aromatic N) is 2. The van der Waals surface area contributed by atoms with Crippen LogP contribution in [0.2, 0.25) is 0 Å². The molecule has 2 aromatic rings. The average molecular weight is 304 g/mol. The third-order valence-corrected chi connectivity index (χ3v) is 4.15. The Morgan fingerprint density at radius 1 is 1.24 bits per heavy atom. The minimum Gasteiger partial charge on any atom is -0.384 e. The first-order valence-electron chi connectivity index (χ1n) is 6.14. The number of hydrogen-bond donors (Lipinski definition) is 2. The van der Waals surface area contributed by atoms with E-state index in [1.807, 2.05) is 0 Å². The summed E-state index contributed by atoms with van der Waals surface area (Å²) in [4.78, 5) is 6.01. The largest absolute Gasteiger partial charge is 0.384 e. The average Bonchev–Trinajstić information content (AvgIpc) is 2.45. The number of sulfone groups is 1. The molecule has 0 unspecified atom stereocenters. The smallest absolute Gasteiger partial charge is 0.179 e. The van der Waals surface area contributed by atoms with E-state index < -0.39 is 9.84 Å². The summed E-state index contributed by atoms with van der Waals surface area (Å²) in [6.45, 7) is 0. The number of nitrogen functional groups attached to an aromatic ring is 1. The first kappa shape index (κ1) is 15.0. The van der Waals surface area contributed by atoms with Crippen LogP contribution in [0.4, 0.5) is 11.5 Å². The SMILES string of the molecule is CN(c1ccc(C(=N)N)cc1)c1ncccc1S(C)(=O)=O. The highest BCUT2D eigenvalue weighted by molar-refractivity contribution is 7.90. The minimum atomic E-state index is -3.37. The second-order valence-corrected chi connectivity index (χ2v) is 6.60. The van der Waals surface area contributed by atoms with Gasteiger partial charge in [0.25, 0.3) is 0 Å². The summed E-state index contributed by atoms with van der Waals surface area (Å²) in [6.07, 6.45) is 2.70. The molecule has 2 rings (SSSR count). The van der Waals surface area contributed by atoms with Gasteiger partial charge in [0.15, 0.2) is 15.7 Å². The number of pyridine rings is 1. The van der Waals surface area contributed by atoms with Crippen LogP contribution in [0.25, 0.3) is 0 Å². The predicted molar refractivity (Wildman–Crippen MR) is 82.9 cm³/mol. The van der Waals surface area contributed by atoms with Gasteiger partial charge in [-0.2, -0.15) is 0 Å². The van der Waals surface area contributed by atoms with Gasteiger partial charge in [-0.05, 0) is 36.4 Å². The lowest BCUT2D eigenvalue weighted by molar-refractivity contribution is 0.601. The second kappa shape index (κ2) is 5.53. The molecular formula is C14H16N4O2S. The Balaban J connectivity index is 2.45. The molecule has 6 nitrogen and oxygen atoms in total. The van der Waals surface area contributed by atoms with Crippen molar-refractivity contribution in [2.45, 2.75) is 4.90 Å². The number of amidine groups is 1. The van der Waals surface area contributed by atoms with Crippen LogP contribution in [0.5, 0.6) is 0 Å². The Kier molecular flexibility index (Phi) is 3.95. The third-order valence-electron chi connectivity index (χ3n) is 3.03. The monoisotopic (exact) mass is 304 g/mol. The molecule has 7 heteroatoms. The molecule has 0 aliphatic carbocycles. The maximum absolute atomic E-state index is 11.8. The molecule has 0 fully saturated rings. The quantitative estimate of drug-likeness (QED) is 0.659. The van der Waals surface area contributed by atoms with E-state index in [-0.39, 0.29) is 10.7 Å². The molecule has 0 spiro atoms. The molecule has 110 valence electrons. The number of hydrogen-bond acceptors (Lipinski definition) is 5. The number of nitrogens with two attached hydrogens (primary N) is 1. The van der Waals surface area contributed by atoms with E-state index in [1.165, 1.54) is 6.07 Å². The second-order valence-electron chi connectivity index (χ2n) is 4.62. The summed E-state index contributed by atoms with van der Waals surface area (Å²) in [5.41, 5.74) is 6.77. The van der Waals surface area contributed by atoms with Crippen molar-refractivity contribution in [1.82, 2.24) is 4.98 Å². The van der Waals surface area contributed by atoms with Gasteiger partial charge < -0.3 is 10.6 Å². The van der Waals surface area contributed by atoms with Crippen molar-refractivity contribution in [2.24, 2.45) is 5.73 Å². The molecule has 1 heterocycles. The highest BCUT2D eigenvalue weighted by atomic mass is 32.2. The number of anilines is 2. The fourth-order valence-corrected chi connectivity index (χ4v) is 2.76. The van der Waals surface area contributed by atoms with Gasteiger partial charge in [0.05, 0.1) is 0 Å². The standard InChI is InChI=1S/C14H16N4O2S/c1-18(11-7-5-10(6-8-11)13(15)16)14-12(21(2,19)20)4-3-9-17-14/h3-9H,1-2H3,(H3,15,16). The lowest BCUT2D eigenvalue weighted by Gasteiger charge is -2.20. The highest BCUT2D eigenvalue weighted by Gasteiger charge is 2.18. The van der Waals surface area contributed by atoms with Crippen LogP contribution in [0, 0.1) is 5.41 Å². The molecule has 0 bridgehead atoms. The summed E-state index contributed by atoms with van der Waals surface area (Å²) < 4.78 is 23.6. The first-order chi connectivity index (χ1) is 9.80. The van der Waals surface area contributed by atoms with Crippen LogP contribution in [0.15, 0.2) is 47.5 Å². The molecule has 3 N–H and O–H groups in total. The zero-order valence-corrected chi connectivity index (χ0v) is 12.6. The predicted octanol–water partition coefficient (Wildman–Crippen LogP) is 1.54. The van der Waals surface area contributed by atoms with Gasteiger partial charge in [0.1, 0.15) is 10.7 Å². The summed E-state index contributed by atoms with van der Waals surface area (Å²) in [7, 11) is -1.63. The minimum absolute atomic E-state index is 0.0149. The van der Waals surface area contributed by atoms with Crippen LogP contribution in [-0.2, 0) is 9.84 Å². The third kappa shape index (κ3) is 3.19. The molecule has 0 saturated heterocycles. The Bertz CT molecular complexity index is 770. The van der Waals surface area contributed by atoms with Crippen molar-refractivity contribution in [3.63, 3.8) is 0 Å². The molecule has 1 aromatic heterocycles. The molecule has 0 radical (unpaired) electrons. The summed E-state index contributed by atoms with van der Waals surface area (Å²) >= 11 is 0. The van der Waals surface area contributed by atoms with Crippen LogP contribution in [0.3, 0.4) is 0 Å². The number of aromatic nitrogens is 1. The Morgan fingerprint density at radius 3 is 2.38 bits per heavy atom. The van der Waals surface area contributed by atoms with Crippen molar-refractivity contribution < 1.29 is 8.42 Å². The van der Waals surface area contributed by atoms with E-state index in [1.54, 1.807) is 48.5 Å². The van der Waals surface area contributed by atoms with Gasteiger partial charge in [-0.15, -0.1) is 0 Å². The fourth-order valence-electron chi connectivity index (χ4n) is 1.91.